The van der Waals surface area contributed by atoms with Gasteiger partial charge in [-0.3, -0.25) is 9.36 Å². The topological polar surface area (TPSA) is 47.8 Å². The van der Waals surface area contributed by atoms with Crippen molar-refractivity contribution in [1.29, 1.82) is 0 Å². The molecule has 5 heteroatoms. The van der Waals surface area contributed by atoms with Crippen LogP contribution < -0.4 is 0 Å². The number of Topliss-reactive ketones (excluding diaryl/α,β-unsaturated/α-hetero) is 1. The maximum absolute atomic E-state index is 11.4. The molecule has 0 bridgehead atoms. The molecule has 0 aliphatic rings. The number of carbonyl (C=O) groups is 1. The van der Waals surface area contributed by atoms with E-state index in [1.165, 1.54) is 11.8 Å². The lowest BCUT2D eigenvalue weighted by Gasteiger charge is -2.12. The second kappa shape index (κ2) is 5.57. The molecule has 0 aliphatic carbocycles. The highest BCUT2D eigenvalue weighted by molar-refractivity contribution is 8.00. The first kappa shape index (κ1) is 13.8. The lowest BCUT2D eigenvalue weighted by atomic mass is 10.2. The zero-order valence-electron chi connectivity index (χ0n) is 11.5. The molecule has 0 radical (unpaired) electrons. The Labute approximate surface area is 117 Å². The molecule has 0 saturated heterocycles. The molecule has 19 heavy (non-hydrogen) atoms. The van der Waals surface area contributed by atoms with Gasteiger partial charge in [-0.05, 0) is 39.3 Å². The summed E-state index contributed by atoms with van der Waals surface area (Å²) in [4.78, 5) is 11.4. The summed E-state index contributed by atoms with van der Waals surface area (Å²) in [6.45, 7) is 7.46. The largest absolute Gasteiger partial charge is 0.299 e. The van der Waals surface area contributed by atoms with Crippen LogP contribution in [0.25, 0.3) is 5.69 Å². The summed E-state index contributed by atoms with van der Waals surface area (Å²) >= 11 is 1.44. The standard InChI is InChI=1S/C14H17N3OS/c1-9-7-5-6-8-13(9)17-12(4)15-16-14(17)19-11(3)10(2)18/h5-8,11H,1-4H3. The summed E-state index contributed by atoms with van der Waals surface area (Å²) < 4.78 is 2.00. The van der Waals surface area contributed by atoms with Crippen LogP contribution in [0.3, 0.4) is 0 Å². The van der Waals surface area contributed by atoms with Crippen LogP contribution in [0, 0.1) is 13.8 Å². The molecule has 0 aliphatic heterocycles. The van der Waals surface area contributed by atoms with Gasteiger partial charge >= 0.3 is 0 Å². The number of aromatic nitrogens is 3. The molecular formula is C14H17N3OS. The average Bonchev–Trinajstić information content (AvgIpc) is 2.71. The van der Waals surface area contributed by atoms with Crippen LogP contribution in [-0.2, 0) is 4.79 Å². The second-order valence-corrected chi connectivity index (χ2v) is 5.83. The Morgan fingerprint density at radius 3 is 2.58 bits per heavy atom. The second-order valence-electron chi connectivity index (χ2n) is 4.52. The highest BCUT2D eigenvalue weighted by Crippen LogP contribution is 2.27. The summed E-state index contributed by atoms with van der Waals surface area (Å²) in [5.41, 5.74) is 2.21. The zero-order chi connectivity index (χ0) is 14.0. The number of hydrogen-bond acceptors (Lipinski definition) is 4. The Kier molecular flexibility index (Phi) is 4.04. The van der Waals surface area contributed by atoms with Gasteiger partial charge < -0.3 is 0 Å². The van der Waals surface area contributed by atoms with Gasteiger partial charge in [-0.2, -0.15) is 0 Å². The van der Waals surface area contributed by atoms with E-state index in [2.05, 4.69) is 23.2 Å². The van der Waals surface area contributed by atoms with Crippen molar-refractivity contribution in [2.75, 3.05) is 0 Å². The van der Waals surface area contributed by atoms with E-state index in [1.54, 1.807) is 6.92 Å². The predicted molar refractivity (Wildman–Crippen MR) is 76.8 cm³/mol. The number of benzene rings is 1. The fourth-order valence-corrected chi connectivity index (χ4v) is 2.66. The van der Waals surface area contributed by atoms with Crippen LogP contribution in [0.5, 0.6) is 0 Å². The van der Waals surface area contributed by atoms with E-state index in [0.29, 0.717) is 0 Å². The predicted octanol–water partition coefficient (Wildman–Crippen LogP) is 2.95. The van der Waals surface area contributed by atoms with Gasteiger partial charge in [0.1, 0.15) is 11.6 Å². The van der Waals surface area contributed by atoms with Gasteiger partial charge in [-0.25, -0.2) is 0 Å². The quantitative estimate of drug-likeness (QED) is 0.805. The first-order chi connectivity index (χ1) is 9.00. The van der Waals surface area contributed by atoms with Crippen LogP contribution in [0.1, 0.15) is 25.2 Å². The monoisotopic (exact) mass is 275 g/mol. The van der Waals surface area contributed by atoms with Crippen LogP contribution in [0.2, 0.25) is 0 Å². The molecule has 1 heterocycles. The van der Waals surface area contributed by atoms with Crippen LogP contribution in [0.4, 0.5) is 0 Å². The fourth-order valence-electron chi connectivity index (χ4n) is 1.75. The van der Waals surface area contributed by atoms with Crippen molar-refractivity contribution < 1.29 is 4.79 Å². The number of nitrogens with zero attached hydrogens (tertiary/aromatic N) is 3. The summed E-state index contributed by atoms with van der Waals surface area (Å²) in [6, 6.07) is 8.08. The lowest BCUT2D eigenvalue weighted by Crippen LogP contribution is -2.10. The molecule has 0 saturated carbocycles. The van der Waals surface area contributed by atoms with Crippen molar-refractivity contribution in [3.8, 4) is 5.69 Å². The van der Waals surface area contributed by atoms with Gasteiger partial charge in [0.05, 0.1) is 10.9 Å². The maximum atomic E-state index is 11.4. The van der Waals surface area contributed by atoms with Crippen LogP contribution in [-0.4, -0.2) is 25.8 Å². The molecule has 1 aromatic heterocycles. The molecule has 2 aromatic rings. The lowest BCUT2D eigenvalue weighted by molar-refractivity contribution is -0.116. The third kappa shape index (κ3) is 2.87. The Morgan fingerprint density at radius 2 is 1.95 bits per heavy atom. The molecule has 0 N–H and O–H groups in total. The van der Waals surface area contributed by atoms with Crippen molar-refractivity contribution in [1.82, 2.24) is 14.8 Å². The molecule has 1 unspecified atom stereocenters. The van der Waals surface area contributed by atoms with E-state index < -0.39 is 0 Å². The number of carbonyl (C=O) groups excluding carboxylic acids is 1. The average molecular weight is 275 g/mol. The smallest absolute Gasteiger partial charge is 0.196 e. The minimum Gasteiger partial charge on any atom is -0.299 e. The van der Waals surface area contributed by atoms with Crippen molar-refractivity contribution in [3.63, 3.8) is 0 Å². The zero-order valence-corrected chi connectivity index (χ0v) is 12.4. The van der Waals surface area contributed by atoms with Crippen molar-refractivity contribution in [2.45, 2.75) is 38.1 Å². The molecule has 0 spiro atoms. The van der Waals surface area contributed by atoms with Gasteiger partial charge in [0.25, 0.3) is 0 Å². The van der Waals surface area contributed by atoms with E-state index in [1.807, 2.05) is 36.6 Å². The molecule has 100 valence electrons. The third-order valence-electron chi connectivity index (χ3n) is 3.01. The minimum atomic E-state index is -0.119. The molecule has 0 fully saturated rings. The molecule has 1 aromatic carbocycles. The Morgan fingerprint density at radius 1 is 1.26 bits per heavy atom. The number of ketones is 1. The van der Waals surface area contributed by atoms with Gasteiger partial charge in [0.15, 0.2) is 5.16 Å². The molecule has 0 amide bonds. The SMILES string of the molecule is CC(=O)C(C)Sc1nnc(C)n1-c1ccccc1C. The molecule has 2 rings (SSSR count). The van der Waals surface area contributed by atoms with E-state index >= 15 is 0 Å². The number of hydrogen-bond donors (Lipinski definition) is 0. The molecular weight excluding hydrogens is 258 g/mol. The van der Waals surface area contributed by atoms with Gasteiger partial charge in [-0.1, -0.05) is 30.0 Å². The van der Waals surface area contributed by atoms with Gasteiger partial charge in [-0.15, -0.1) is 10.2 Å². The van der Waals surface area contributed by atoms with E-state index in [9.17, 15) is 4.79 Å². The number of para-hydroxylation sites is 1. The van der Waals surface area contributed by atoms with E-state index in [-0.39, 0.29) is 11.0 Å². The Hall–Kier alpha value is -1.62. The Balaban J connectivity index is 2.44. The maximum Gasteiger partial charge on any atom is 0.196 e. The van der Waals surface area contributed by atoms with Gasteiger partial charge in [0.2, 0.25) is 0 Å². The highest BCUT2D eigenvalue weighted by atomic mass is 32.2. The third-order valence-corrected chi connectivity index (χ3v) is 4.17. The summed E-state index contributed by atoms with van der Waals surface area (Å²) in [5.74, 6) is 0.967. The summed E-state index contributed by atoms with van der Waals surface area (Å²) in [6.07, 6.45) is 0. The summed E-state index contributed by atoms with van der Waals surface area (Å²) in [5, 5.41) is 8.95. The van der Waals surface area contributed by atoms with Crippen LogP contribution in [0.15, 0.2) is 29.4 Å². The summed E-state index contributed by atoms with van der Waals surface area (Å²) in [7, 11) is 0. The van der Waals surface area contributed by atoms with Crippen molar-refractivity contribution in [3.05, 3.63) is 35.7 Å². The van der Waals surface area contributed by atoms with Crippen LogP contribution >= 0.6 is 11.8 Å². The normalized spacial score (nSPS) is 12.4. The van der Waals surface area contributed by atoms with Crippen molar-refractivity contribution >= 4 is 17.5 Å². The van der Waals surface area contributed by atoms with Crippen molar-refractivity contribution in [2.24, 2.45) is 0 Å². The number of thioether (sulfide) groups is 1. The number of aryl methyl sites for hydroxylation is 2. The highest BCUT2D eigenvalue weighted by Gasteiger charge is 2.17. The van der Waals surface area contributed by atoms with E-state index in [4.69, 9.17) is 0 Å². The molecule has 1 atom stereocenters. The first-order valence-corrected chi connectivity index (χ1v) is 7.04. The molecule has 4 nitrogen and oxygen atoms in total. The van der Waals surface area contributed by atoms with Gasteiger partial charge in [0, 0.05) is 0 Å². The first-order valence-electron chi connectivity index (χ1n) is 6.16. The minimum absolute atomic E-state index is 0.119. The van der Waals surface area contributed by atoms with E-state index in [0.717, 1.165) is 22.2 Å². The fraction of sp³-hybridized carbons (Fsp3) is 0.357. The Bertz CT molecular complexity index is 606. The number of rotatable bonds is 4.